The van der Waals surface area contributed by atoms with E-state index < -0.39 is 0 Å². The Balaban J connectivity index is 2.19. The van der Waals surface area contributed by atoms with Gasteiger partial charge in [-0.25, -0.2) is 9.55 Å². The van der Waals surface area contributed by atoms with Gasteiger partial charge in [0, 0.05) is 0 Å². The molecule has 2 aromatic rings. The maximum Gasteiger partial charge on any atom is 0.242 e. The molecule has 2 nitrogen and oxygen atoms in total. The molecule has 0 radical (unpaired) electrons. The molecule has 1 N–H and O–H groups in total. The van der Waals surface area contributed by atoms with Crippen LogP contribution < -0.4 is 4.57 Å². The first-order valence-corrected chi connectivity index (χ1v) is 5.08. The first kappa shape index (κ1) is 9.28. The second-order valence-corrected chi connectivity index (χ2v) is 3.45. The van der Waals surface area contributed by atoms with Crippen molar-refractivity contribution in [1.82, 2.24) is 4.98 Å². The number of halogens is 1. The van der Waals surface area contributed by atoms with Crippen molar-refractivity contribution in [2.75, 3.05) is 0 Å². The third-order valence-corrected chi connectivity index (χ3v) is 2.46. The van der Waals surface area contributed by atoms with Gasteiger partial charge in [-0.2, -0.15) is 0 Å². The molecule has 72 valence electrons. The van der Waals surface area contributed by atoms with Gasteiger partial charge in [-0.05, 0) is 5.56 Å². The zero-order valence-corrected chi connectivity index (χ0v) is 8.54. The summed E-state index contributed by atoms with van der Waals surface area (Å²) in [6.07, 6.45) is 3.86. The average molecular weight is 208 g/mol. The smallest absolute Gasteiger partial charge is 0.242 e. The lowest BCUT2D eigenvalue weighted by Crippen LogP contribution is -2.35. The topological polar surface area (TPSA) is 19.7 Å². The lowest BCUT2D eigenvalue weighted by Gasteiger charge is -1.99. The highest BCUT2D eigenvalue weighted by Crippen LogP contribution is 2.00. The number of nitrogens with zero attached hydrogens (tertiary/aromatic N) is 1. The number of nitrogens with one attached hydrogen (secondary N) is 1. The summed E-state index contributed by atoms with van der Waals surface area (Å²) in [7, 11) is 0. The van der Waals surface area contributed by atoms with Crippen molar-refractivity contribution in [3.63, 3.8) is 0 Å². The van der Waals surface area contributed by atoms with Crippen LogP contribution in [-0.2, 0) is 12.4 Å². The second-order valence-electron chi connectivity index (χ2n) is 3.18. The second kappa shape index (κ2) is 4.29. The molecule has 0 unspecified atom stereocenters. The van der Waals surface area contributed by atoms with E-state index in [-0.39, 0.29) is 0 Å². The van der Waals surface area contributed by atoms with Crippen LogP contribution in [0.25, 0.3) is 0 Å². The van der Waals surface area contributed by atoms with Gasteiger partial charge in [0.2, 0.25) is 6.33 Å². The number of hydrogen-bond acceptors (Lipinski definition) is 0. The van der Waals surface area contributed by atoms with Crippen LogP contribution in [0.2, 0.25) is 0 Å². The van der Waals surface area contributed by atoms with Crippen LogP contribution in [0.15, 0.2) is 42.9 Å². The zero-order valence-electron chi connectivity index (χ0n) is 7.78. The van der Waals surface area contributed by atoms with E-state index in [9.17, 15) is 0 Å². The lowest BCUT2D eigenvalue weighted by atomic mass is 10.2. The molecule has 0 bridgehead atoms. The van der Waals surface area contributed by atoms with E-state index in [4.69, 9.17) is 11.6 Å². The largest absolute Gasteiger partial charge is 0.250 e. The van der Waals surface area contributed by atoms with Gasteiger partial charge >= 0.3 is 0 Å². The van der Waals surface area contributed by atoms with Crippen molar-refractivity contribution in [3.8, 4) is 0 Å². The molecule has 0 amide bonds. The molecule has 0 fully saturated rings. The summed E-state index contributed by atoms with van der Waals surface area (Å²) in [6.45, 7) is 0.867. The van der Waals surface area contributed by atoms with Gasteiger partial charge in [0.15, 0.2) is 5.69 Å². The minimum Gasteiger partial charge on any atom is -0.250 e. The van der Waals surface area contributed by atoms with Crippen LogP contribution in [0.5, 0.6) is 0 Å². The zero-order chi connectivity index (χ0) is 9.80. The molecule has 1 aromatic carbocycles. The molecule has 0 aliphatic carbocycles. The predicted molar refractivity (Wildman–Crippen MR) is 56.1 cm³/mol. The fraction of sp³-hybridized carbons (Fsp3) is 0.182. The van der Waals surface area contributed by atoms with Crippen LogP contribution in [0.4, 0.5) is 0 Å². The highest BCUT2D eigenvalue weighted by atomic mass is 35.5. The highest BCUT2D eigenvalue weighted by molar-refractivity contribution is 6.16. The van der Waals surface area contributed by atoms with Gasteiger partial charge in [-0.3, -0.25) is 0 Å². The Bertz CT molecular complexity index is 395. The molecule has 14 heavy (non-hydrogen) atoms. The number of hydrogen-bond donors (Lipinski definition) is 1. The van der Waals surface area contributed by atoms with E-state index in [0.717, 1.165) is 12.2 Å². The Kier molecular flexibility index (Phi) is 2.84. The summed E-state index contributed by atoms with van der Waals surface area (Å²) in [5.41, 5.74) is 2.39. The summed E-state index contributed by atoms with van der Waals surface area (Å²) in [4.78, 5) is 3.05. The number of rotatable bonds is 3. The first-order valence-electron chi connectivity index (χ1n) is 4.55. The van der Waals surface area contributed by atoms with Gasteiger partial charge < -0.3 is 0 Å². The van der Waals surface area contributed by atoms with Gasteiger partial charge in [0.05, 0.1) is 5.88 Å². The molecule has 0 saturated carbocycles. The molecule has 0 aliphatic rings. The Morgan fingerprint density at radius 3 is 2.71 bits per heavy atom. The Labute approximate surface area is 88.2 Å². The molecular formula is C11H12ClN2+. The average Bonchev–Trinajstić information content (AvgIpc) is 2.67. The standard InChI is InChI=1S/C11H11ClN2/c12-6-11-7-13-9-14(11)8-10-4-2-1-3-5-10/h1-5,7,9H,6,8H2/p+1. The molecule has 3 heteroatoms. The minimum absolute atomic E-state index is 0.538. The van der Waals surface area contributed by atoms with Gasteiger partial charge in [0.25, 0.3) is 0 Å². The fourth-order valence-electron chi connectivity index (χ4n) is 1.43. The number of aromatic nitrogens is 2. The number of H-pyrrole nitrogens is 1. The van der Waals surface area contributed by atoms with E-state index in [1.807, 2.05) is 30.7 Å². The molecule has 1 aromatic heterocycles. The Hall–Kier alpha value is -1.28. The number of aromatic amines is 1. The monoisotopic (exact) mass is 207 g/mol. The Morgan fingerprint density at radius 2 is 2.00 bits per heavy atom. The van der Waals surface area contributed by atoms with Crippen LogP contribution in [0.3, 0.4) is 0 Å². The van der Waals surface area contributed by atoms with E-state index in [0.29, 0.717) is 5.88 Å². The minimum atomic E-state index is 0.538. The van der Waals surface area contributed by atoms with Crippen molar-refractivity contribution in [2.24, 2.45) is 0 Å². The van der Waals surface area contributed by atoms with Crippen LogP contribution >= 0.6 is 11.6 Å². The normalized spacial score (nSPS) is 10.4. The quantitative estimate of drug-likeness (QED) is 0.588. The van der Waals surface area contributed by atoms with Gasteiger partial charge in [0.1, 0.15) is 12.7 Å². The van der Waals surface area contributed by atoms with Crippen LogP contribution in [0.1, 0.15) is 11.3 Å². The van der Waals surface area contributed by atoms with Crippen molar-refractivity contribution in [3.05, 3.63) is 54.1 Å². The van der Waals surface area contributed by atoms with Crippen molar-refractivity contribution < 1.29 is 4.57 Å². The number of benzene rings is 1. The first-order chi connectivity index (χ1) is 6.90. The van der Waals surface area contributed by atoms with E-state index in [1.165, 1.54) is 5.56 Å². The van der Waals surface area contributed by atoms with Crippen molar-refractivity contribution in [1.29, 1.82) is 0 Å². The summed E-state index contributed by atoms with van der Waals surface area (Å²) < 4.78 is 2.11. The third kappa shape index (κ3) is 1.96. The molecule has 0 spiro atoms. The molecule has 2 rings (SSSR count). The summed E-state index contributed by atoms with van der Waals surface area (Å²) in [5.74, 6) is 0.538. The SMILES string of the molecule is ClCc1c[nH]c[n+]1Cc1ccccc1. The van der Waals surface area contributed by atoms with Gasteiger partial charge in [-0.15, -0.1) is 11.6 Å². The lowest BCUT2D eigenvalue weighted by molar-refractivity contribution is -0.693. The fourth-order valence-corrected chi connectivity index (χ4v) is 1.66. The van der Waals surface area contributed by atoms with Crippen molar-refractivity contribution in [2.45, 2.75) is 12.4 Å². The van der Waals surface area contributed by atoms with Gasteiger partial charge in [-0.1, -0.05) is 30.3 Å². The van der Waals surface area contributed by atoms with E-state index in [2.05, 4.69) is 21.7 Å². The summed E-state index contributed by atoms with van der Waals surface area (Å²) in [6, 6.07) is 10.3. The molecular weight excluding hydrogens is 196 g/mol. The Morgan fingerprint density at radius 1 is 1.21 bits per heavy atom. The number of imidazole rings is 1. The van der Waals surface area contributed by atoms with Crippen LogP contribution in [-0.4, -0.2) is 4.98 Å². The van der Waals surface area contributed by atoms with Crippen LogP contribution in [0, 0.1) is 0 Å². The maximum atomic E-state index is 5.80. The molecule has 1 heterocycles. The highest BCUT2D eigenvalue weighted by Gasteiger charge is 2.07. The van der Waals surface area contributed by atoms with E-state index in [1.54, 1.807) is 0 Å². The third-order valence-electron chi connectivity index (χ3n) is 2.18. The summed E-state index contributed by atoms with van der Waals surface area (Å²) >= 11 is 5.80. The van der Waals surface area contributed by atoms with Crippen molar-refractivity contribution >= 4 is 11.6 Å². The predicted octanol–water partition coefficient (Wildman–Crippen LogP) is 2.09. The molecule has 0 aliphatic heterocycles. The molecule has 0 atom stereocenters. The summed E-state index contributed by atoms with van der Waals surface area (Å²) in [5, 5.41) is 0. The van der Waals surface area contributed by atoms with E-state index >= 15 is 0 Å². The molecule has 0 saturated heterocycles. The number of alkyl halides is 1. The maximum absolute atomic E-state index is 5.80.